The smallest absolute Gasteiger partial charge is 0.193 e. The Hall–Kier alpha value is -0.160. The fraction of sp³-hybridized carbons (Fsp3) is 0.957. The molecule has 1 saturated carbocycles. The number of morpholine rings is 1. The zero-order chi connectivity index (χ0) is 21.1. The molecule has 1 aliphatic carbocycles. The first-order valence-electron chi connectivity index (χ1n) is 12.1. The van der Waals surface area contributed by atoms with E-state index in [0.717, 1.165) is 84.4 Å². The van der Waals surface area contributed by atoms with Crippen LogP contribution in [0.1, 0.15) is 51.4 Å². The van der Waals surface area contributed by atoms with Crippen LogP contribution < -0.4 is 5.32 Å². The van der Waals surface area contributed by atoms with Gasteiger partial charge >= 0.3 is 0 Å². The van der Waals surface area contributed by atoms with Gasteiger partial charge in [0.1, 0.15) is 0 Å². The molecule has 31 heavy (non-hydrogen) atoms. The summed E-state index contributed by atoms with van der Waals surface area (Å²) in [6.45, 7) is 9.76. The zero-order valence-corrected chi connectivity index (χ0v) is 22.1. The van der Waals surface area contributed by atoms with Gasteiger partial charge in [-0.2, -0.15) is 0 Å². The highest BCUT2D eigenvalue weighted by atomic mass is 127. The molecule has 0 aromatic heterocycles. The van der Waals surface area contributed by atoms with Crippen molar-refractivity contribution in [2.24, 2.45) is 10.4 Å². The number of ether oxygens (including phenoxy) is 3. The van der Waals surface area contributed by atoms with Crippen molar-refractivity contribution in [2.75, 3.05) is 79.9 Å². The minimum absolute atomic E-state index is 0. The summed E-state index contributed by atoms with van der Waals surface area (Å²) in [5.74, 6) is 1.07. The highest BCUT2D eigenvalue weighted by molar-refractivity contribution is 14.0. The Morgan fingerprint density at radius 1 is 1.06 bits per heavy atom. The van der Waals surface area contributed by atoms with E-state index < -0.39 is 0 Å². The summed E-state index contributed by atoms with van der Waals surface area (Å²) >= 11 is 0. The summed E-state index contributed by atoms with van der Waals surface area (Å²) in [5.41, 5.74) is 0.369. The molecular weight excluding hydrogens is 507 g/mol. The molecule has 3 rings (SSSR count). The van der Waals surface area contributed by atoms with Gasteiger partial charge in [0.15, 0.2) is 5.96 Å². The third-order valence-electron chi connectivity index (χ3n) is 7.00. The summed E-state index contributed by atoms with van der Waals surface area (Å²) in [6, 6.07) is 0. The number of rotatable bonds is 9. The number of nitrogens with one attached hydrogen (secondary N) is 1. The maximum Gasteiger partial charge on any atom is 0.193 e. The normalized spacial score (nSPS) is 23.4. The fourth-order valence-corrected chi connectivity index (χ4v) is 5.21. The SMILES string of the molecule is CN=C(NCC1(CN2CCOCC2)CCCCC1)N1CCC(OCCCOC)CC1.I. The summed E-state index contributed by atoms with van der Waals surface area (Å²) in [4.78, 5) is 9.66. The number of hydrogen-bond donors (Lipinski definition) is 1. The van der Waals surface area contributed by atoms with Gasteiger partial charge in [0.2, 0.25) is 0 Å². The van der Waals surface area contributed by atoms with E-state index >= 15 is 0 Å². The maximum absolute atomic E-state index is 6.02. The quantitative estimate of drug-likeness (QED) is 0.206. The van der Waals surface area contributed by atoms with Crippen LogP contribution in [0.5, 0.6) is 0 Å². The highest BCUT2D eigenvalue weighted by Gasteiger charge is 2.35. The molecule has 0 aromatic carbocycles. The second-order valence-corrected chi connectivity index (χ2v) is 9.25. The molecule has 0 atom stereocenters. The van der Waals surface area contributed by atoms with Gasteiger partial charge in [0.25, 0.3) is 0 Å². The van der Waals surface area contributed by atoms with E-state index in [1.165, 1.54) is 38.6 Å². The molecule has 2 saturated heterocycles. The van der Waals surface area contributed by atoms with E-state index in [2.05, 4.69) is 20.1 Å². The van der Waals surface area contributed by atoms with Crippen molar-refractivity contribution < 1.29 is 14.2 Å². The molecule has 0 spiro atoms. The lowest BCUT2D eigenvalue weighted by Crippen LogP contribution is -2.53. The van der Waals surface area contributed by atoms with E-state index in [-0.39, 0.29) is 24.0 Å². The lowest BCUT2D eigenvalue weighted by Gasteiger charge is -2.43. The van der Waals surface area contributed by atoms with Crippen molar-refractivity contribution >= 4 is 29.9 Å². The van der Waals surface area contributed by atoms with Gasteiger partial charge < -0.3 is 24.4 Å². The lowest BCUT2D eigenvalue weighted by molar-refractivity contribution is 0.00620. The number of piperidine rings is 1. The van der Waals surface area contributed by atoms with Crippen LogP contribution in [-0.4, -0.2) is 102 Å². The average molecular weight is 553 g/mol. The third-order valence-corrected chi connectivity index (χ3v) is 7.00. The van der Waals surface area contributed by atoms with E-state index in [1.54, 1.807) is 7.11 Å². The van der Waals surface area contributed by atoms with Crippen molar-refractivity contribution in [3.63, 3.8) is 0 Å². The van der Waals surface area contributed by atoms with Gasteiger partial charge in [-0.15, -0.1) is 24.0 Å². The predicted octanol–water partition coefficient (Wildman–Crippen LogP) is 2.98. The van der Waals surface area contributed by atoms with Crippen LogP contribution in [0.3, 0.4) is 0 Å². The molecule has 0 aromatic rings. The topological polar surface area (TPSA) is 58.6 Å². The van der Waals surface area contributed by atoms with Crippen LogP contribution >= 0.6 is 24.0 Å². The van der Waals surface area contributed by atoms with Crippen LogP contribution in [0, 0.1) is 5.41 Å². The highest BCUT2D eigenvalue weighted by Crippen LogP contribution is 2.37. The maximum atomic E-state index is 6.02. The Bertz CT molecular complexity index is 503. The molecule has 3 aliphatic rings. The van der Waals surface area contributed by atoms with Gasteiger partial charge in [0.05, 0.1) is 19.3 Å². The Morgan fingerprint density at radius 3 is 2.42 bits per heavy atom. The predicted molar refractivity (Wildman–Crippen MR) is 137 cm³/mol. The van der Waals surface area contributed by atoms with Gasteiger partial charge in [-0.1, -0.05) is 19.3 Å². The van der Waals surface area contributed by atoms with Gasteiger partial charge in [0, 0.05) is 72.1 Å². The van der Waals surface area contributed by atoms with Gasteiger partial charge in [-0.05, 0) is 32.1 Å². The van der Waals surface area contributed by atoms with Crippen molar-refractivity contribution in [3.8, 4) is 0 Å². The molecule has 0 radical (unpaired) electrons. The lowest BCUT2D eigenvalue weighted by atomic mass is 9.73. The van der Waals surface area contributed by atoms with Gasteiger partial charge in [-0.3, -0.25) is 9.89 Å². The molecule has 182 valence electrons. The molecule has 0 bridgehead atoms. The summed E-state index contributed by atoms with van der Waals surface area (Å²) in [6.07, 6.45) is 10.3. The average Bonchev–Trinajstić information content (AvgIpc) is 2.79. The summed E-state index contributed by atoms with van der Waals surface area (Å²) in [7, 11) is 3.67. The molecule has 1 N–H and O–H groups in total. The molecule has 0 unspecified atom stereocenters. The largest absolute Gasteiger partial charge is 0.385 e. The monoisotopic (exact) mass is 552 g/mol. The number of aliphatic imine (C=N–C) groups is 1. The second-order valence-electron chi connectivity index (χ2n) is 9.25. The van der Waals surface area contributed by atoms with E-state index in [1.807, 2.05) is 7.05 Å². The Morgan fingerprint density at radius 2 is 1.77 bits per heavy atom. The van der Waals surface area contributed by atoms with E-state index in [9.17, 15) is 0 Å². The molecule has 7 nitrogen and oxygen atoms in total. The first-order valence-corrected chi connectivity index (χ1v) is 12.1. The number of likely N-dealkylation sites (tertiary alicyclic amines) is 1. The van der Waals surface area contributed by atoms with Crippen molar-refractivity contribution in [1.82, 2.24) is 15.1 Å². The molecule has 3 fully saturated rings. The molecule has 2 aliphatic heterocycles. The van der Waals surface area contributed by atoms with Gasteiger partial charge in [-0.25, -0.2) is 0 Å². The molecule has 0 amide bonds. The van der Waals surface area contributed by atoms with Crippen LogP contribution in [0.15, 0.2) is 4.99 Å². The van der Waals surface area contributed by atoms with Crippen molar-refractivity contribution in [1.29, 1.82) is 0 Å². The van der Waals surface area contributed by atoms with E-state index in [4.69, 9.17) is 14.2 Å². The Kier molecular flexibility index (Phi) is 13.0. The molecular formula is C23H45IN4O3. The number of nitrogens with zero attached hydrogens (tertiary/aromatic N) is 3. The Labute approximate surface area is 206 Å². The number of halogens is 1. The van der Waals surface area contributed by atoms with Crippen LogP contribution in [0.2, 0.25) is 0 Å². The summed E-state index contributed by atoms with van der Waals surface area (Å²) in [5, 5.41) is 3.77. The Balaban J connectivity index is 0.00000341. The zero-order valence-electron chi connectivity index (χ0n) is 19.8. The minimum atomic E-state index is 0. The molecule has 2 heterocycles. The molecule has 8 heteroatoms. The standard InChI is InChI=1S/C23H44N4O3.HI/c1-24-22(27-11-7-21(8-12-27)30-16-6-15-28-2)25-19-23(9-4-3-5-10-23)20-26-13-17-29-18-14-26;/h21H,3-20H2,1-2H3,(H,24,25);1H. The summed E-state index contributed by atoms with van der Waals surface area (Å²) < 4.78 is 16.7. The van der Waals surface area contributed by atoms with Crippen molar-refractivity contribution in [2.45, 2.75) is 57.5 Å². The van der Waals surface area contributed by atoms with Crippen LogP contribution in [0.25, 0.3) is 0 Å². The van der Waals surface area contributed by atoms with Crippen LogP contribution in [0.4, 0.5) is 0 Å². The number of hydrogen-bond acceptors (Lipinski definition) is 5. The van der Waals surface area contributed by atoms with Crippen molar-refractivity contribution in [3.05, 3.63) is 0 Å². The minimum Gasteiger partial charge on any atom is -0.385 e. The van der Waals surface area contributed by atoms with Crippen LogP contribution in [-0.2, 0) is 14.2 Å². The number of methoxy groups -OCH3 is 1. The van der Waals surface area contributed by atoms with E-state index in [0.29, 0.717) is 11.5 Å². The second kappa shape index (κ2) is 14.9. The fourth-order valence-electron chi connectivity index (χ4n) is 5.21. The first-order chi connectivity index (χ1) is 14.7. The first kappa shape index (κ1) is 27.1. The number of guanidine groups is 1. The third kappa shape index (κ3) is 8.95.